The van der Waals surface area contributed by atoms with Gasteiger partial charge < -0.3 is 10.7 Å². The quantitative estimate of drug-likeness (QED) is 0.341. The average molecular weight is 296 g/mol. The number of nitrogen functional groups attached to an aromatic ring is 1. The first-order valence-corrected chi connectivity index (χ1v) is 7.19. The molecule has 0 atom stereocenters. The van der Waals surface area contributed by atoms with Crippen LogP contribution in [0, 0.1) is 0 Å². The van der Waals surface area contributed by atoms with E-state index in [0.717, 1.165) is 10.6 Å². The highest BCUT2D eigenvalue weighted by atomic mass is 35.5. The summed E-state index contributed by atoms with van der Waals surface area (Å²) in [4.78, 5) is 8.54. The van der Waals surface area contributed by atoms with Gasteiger partial charge in [-0.2, -0.15) is 0 Å². The smallest absolute Gasteiger partial charge is 0.191 e. The molecule has 0 amide bonds. The first-order valence-electron chi connectivity index (χ1n) is 5.59. The largest absolute Gasteiger partial charge is 0.366 e. The minimum Gasteiger partial charge on any atom is -0.366 e. The molecule has 4 N–H and O–H groups in total. The SMILES string of the molecule is CSc1nc(NN)cc(NCc2cccc(Cl)c2)n1. The average Bonchev–Trinajstić information content (AvgIpc) is 2.44. The number of hydrogen-bond acceptors (Lipinski definition) is 6. The summed E-state index contributed by atoms with van der Waals surface area (Å²) in [7, 11) is 0. The number of hydrazine groups is 1. The van der Waals surface area contributed by atoms with Crippen molar-refractivity contribution >= 4 is 35.0 Å². The van der Waals surface area contributed by atoms with Gasteiger partial charge in [0.1, 0.15) is 11.6 Å². The molecule has 0 aliphatic rings. The zero-order chi connectivity index (χ0) is 13.7. The molecule has 0 radical (unpaired) electrons. The van der Waals surface area contributed by atoms with Gasteiger partial charge in [0.25, 0.3) is 0 Å². The van der Waals surface area contributed by atoms with Crippen LogP contribution in [0.1, 0.15) is 5.56 Å². The van der Waals surface area contributed by atoms with E-state index in [2.05, 4.69) is 20.7 Å². The molecule has 0 aliphatic heterocycles. The normalized spacial score (nSPS) is 10.3. The number of nitrogens with two attached hydrogens (primary N) is 1. The maximum absolute atomic E-state index is 5.94. The predicted octanol–water partition coefficient (Wildman–Crippen LogP) is 2.75. The van der Waals surface area contributed by atoms with Gasteiger partial charge in [0.2, 0.25) is 0 Å². The Hall–Kier alpha value is -1.50. The Kier molecular flexibility index (Phi) is 4.84. The molecule has 1 aromatic heterocycles. The second-order valence-corrected chi connectivity index (χ2v) is 4.96. The summed E-state index contributed by atoms with van der Waals surface area (Å²) in [5.74, 6) is 6.67. The third-order valence-electron chi connectivity index (χ3n) is 2.40. The van der Waals surface area contributed by atoms with Gasteiger partial charge in [-0.1, -0.05) is 35.5 Å². The van der Waals surface area contributed by atoms with Gasteiger partial charge in [-0.15, -0.1) is 0 Å². The van der Waals surface area contributed by atoms with Crippen molar-refractivity contribution in [1.82, 2.24) is 9.97 Å². The van der Waals surface area contributed by atoms with E-state index in [4.69, 9.17) is 17.4 Å². The van der Waals surface area contributed by atoms with Gasteiger partial charge >= 0.3 is 0 Å². The fourth-order valence-corrected chi connectivity index (χ4v) is 2.11. The Bertz CT molecular complexity index is 541. The van der Waals surface area contributed by atoms with Crippen LogP contribution in [-0.4, -0.2) is 16.2 Å². The van der Waals surface area contributed by atoms with Crippen LogP contribution in [0.15, 0.2) is 35.5 Å². The van der Waals surface area contributed by atoms with Crippen LogP contribution >= 0.6 is 23.4 Å². The van der Waals surface area contributed by atoms with Crippen molar-refractivity contribution in [2.45, 2.75) is 11.7 Å². The van der Waals surface area contributed by atoms with Crippen LogP contribution < -0.4 is 16.6 Å². The fraction of sp³-hybridized carbons (Fsp3) is 0.167. The molecule has 2 aromatic rings. The van der Waals surface area contributed by atoms with E-state index in [-0.39, 0.29) is 0 Å². The van der Waals surface area contributed by atoms with Crippen LogP contribution in [0.2, 0.25) is 5.02 Å². The van der Waals surface area contributed by atoms with Crippen molar-refractivity contribution in [3.05, 3.63) is 40.9 Å². The summed E-state index contributed by atoms with van der Waals surface area (Å²) in [5.41, 5.74) is 3.61. The molecule has 2 rings (SSSR count). The molecular formula is C12H14ClN5S. The van der Waals surface area contributed by atoms with Gasteiger partial charge in [0.15, 0.2) is 5.16 Å². The third-order valence-corrected chi connectivity index (χ3v) is 3.18. The Morgan fingerprint density at radius 3 is 2.74 bits per heavy atom. The Morgan fingerprint density at radius 2 is 2.05 bits per heavy atom. The van der Waals surface area contributed by atoms with E-state index in [1.807, 2.05) is 30.5 Å². The number of hydrogen-bond donors (Lipinski definition) is 3. The van der Waals surface area contributed by atoms with Crippen molar-refractivity contribution in [3.8, 4) is 0 Å². The Morgan fingerprint density at radius 1 is 1.26 bits per heavy atom. The van der Waals surface area contributed by atoms with E-state index in [1.54, 1.807) is 6.07 Å². The minimum absolute atomic E-state index is 0.577. The van der Waals surface area contributed by atoms with Crippen LogP contribution in [0.5, 0.6) is 0 Å². The van der Waals surface area contributed by atoms with Crippen molar-refractivity contribution in [2.75, 3.05) is 17.0 Å². The number of anilines is 2. The van der Waals surface area contributed by atoms with Crippen molar-refractivity contribution in [1.29, 1.82) is 0 Å². The molecule has 0 spiro atoms. The zero-order valence-electron chi connectivity index (χ0n) is 10.4. The molecule has 19 heavy (non-hydrogen) atoms. The van der Waals surface area contributed by atoms with Crippen molar-refractivity contribution < 1.29 is 0 Å². The topological polar surface area (TPSA) is 75.9 Å². The second-order valence-electron chi connectivity index (χ2n) is 3.75. The molecule has 0 saturated heterocycles. The van der Waals surface area contributed by atoms with E-state index in [9.17, 15) is 0 Å². The molecule has 1 aromatic carbocycles. The maximum Gasteiger partial charge on any atom is 0.191 e. The summed E-state index contributed by atoms with van der Waals surface area (Å²) >= 11 is 7.40. The lowest BCUT2D eigenvalue weighted by atomic mass is 10.2. The molecule has 1 heterocycles. The van der Waals surface area contributed by atoms with Crippen molar-refractivity contribution in [3.63, 3.8) is 0 Å². The first kappa shape index (κ1) is 13.9. The number of nitrogens with zero attached hydrogens (tertiary/aromatic N) is 2. The van der Waals surface area contributed by atoms with Crippen LogP contribution in [0.3, 0.4) is 0 Å². The highest BCUT2D eigenvalue weighted by Gasteiger charge is 2.03. The minimum atomic E-state index is 0.577. The Balaban J connectivity index is 2.10. The van der Waals surface area contributed by atoms with Crippen LogP contribution in [-0.2, 0) is 6.54 Å². The molecular weight excluding hydrogens is 282 g/mol. The number of aromatic nitrogens is 2. The van der Waals surface area contributed by atoms with Gasteiger partial charge in [0.05, 0.1) is 0 Å². The highest BCUT2D eigenvalue weighted by molar-refractivity contribution is 7.98. The van der Waals surface area contributed by atoms with Gasteiger partial charge in [0, 0.05) is 17.6 Å². The first-order chi connectivity index (χ1) is 9.21. The molecule has 0 aliphatic carbocycles. The predicted molar refractivity (Wildman–Crippen MR) is 80.4 cm³/mol. The standard InChI is InChI=1S/C12H14ClN5S/c1-19-12-16-10(6-11(17-12)18-14)15-7-8-3-2-4-9(13)5-8/h2-6H,7,14H2,1H3,(H2,15,16,17,18). The summed E-state index contributed by atoms with van der Waals surface area (Å²) < 4.78 is 0. The monoisotopic (exact) mass is 295 g/mol. The fourth-order valence-electron chi connectivity index (χ4n) is 1.52. The molecule has 0 bridgehead atoms. The lowest BCUT2D eigenvalue weighted by Gasteiger charge is -2.09. The van der Waals surface area contributed by atoms with E-state index in [0.29, 0.717) is 23.3 Å². The van der Waals surface area contributed by atoms with Crippen LogP contribution in [0.4, 0.5) is 11.6 Å². The number of halogens is 1. The number of benzene rings is 1. The number of rotatable bonds is 5. The molecule has 5 nitrogen and oxygen atoms in total. The van der Waals surface area contributed by atoms with Gasteiger partial charge in [-0.25, -0.2) is 15.8 Å². The maximum atomic E-state index is 5.94. The molecule has 0 unspecified atom stereocenters. The zero-order valence-corrected chi connectivity index (χ0v) is 11.9. The molecule has 0 fully saturated rings. The molecule has 0 saturated carbocycles. The second kappa shape index (κ2) is 6.60. The Labute approximate surface area is 120 Å². The summed E-state index contributed by atoms with van der Waals surface area (Å²) in [5, 5.41) is 4.59. The lowest BCUT2D eigenvalue weighted by molar-refractivity contribution is 0.953. The summed E-state index contributed by atoms with van der Waals surface area (Å²) in [6, 6.07) is 9.42. The lowest BCUT2D eigenvalue weighted by Crippen LogP contribution is -2.11. The molecule has 100 valence electrons. The van der Waals surface area contributed by atoms with Crippen molar-refractivity contribution in [2.24, 2.45) is 5.84 Å². The van der Waals surface area contributed by atoms with E-state index in [1.165, 1.54) is 11.8 Å². The van der Waals surface area contributed by atoms with Gasteiger partial charge in [-0.3, -0.25) is 0 Å². The van der Waals surface area contributed by atoms with Crippen LogP contribution in [0.25, 0.3) is 0 Å². The molecule has 7 heteroatoms. The van der Waals surface area contributed by atoms with E-state index >= 15 is 0 Å². The number of nitrogens with one attached hydrogen (secondary N) is 2. The third kappa shape index (κ3) is 3.99. The van der Waals surface area contributed by atoms with Gasteiger partial charge in [-0.05, 0) is 24.0 Å². The van der Waals surface area contributed by atoms with E-state index < -0.39 is 0 Å². The highest BCUT2D eigenvalue weighted by Crippen LogP contribution is 2.18. The summed E-state index contributed by atoms with van der Waals surface area (Å²) in [6.45, 7) is 0.634. The number of thioether (sulfide) groups is 1. The summed E-state index contributed by atoms with van der Waals surface area (Å²) in [6.07, 6.45) is 1.91.